The number of aliphatic imine (C=N–C) groups is 1. The van der Waals surface area contributed by atoms with Gasteiger partial charge in [-0.2, -0.15) is 0 Å². The number of guanidine groups is 1. The van der Waals surface area contributed by atoms with Crippen LogP contribution in [0.4, 0.5) is 0 Å². The van der Waals surface area contributed by atoms with Crippen LogP contribution >= 0.6 is 24.0 Å². The van der Waals surface area contributed by atoms with Crippen molar-refractivity contribution in [3.05, 3.63) is 72.1 Å². The standard InChI is InChI=1S/C24H32N6O.HI/c1-2-26-24(28-14-13-27-23(31)22-11-6-12-25-20-22)30-18-16-29(17-19-30)15-7-10-21-8-4-3-5-9-21;/h3-12,20H,2,13-19H2,1H3,(H,26,28)(H,27,31);1H/b10-7+;. The van der Waals surface area contributed by atoms with Crippen LogP contribution in [0.25, 0.3) is 6.08 Å². The smallest absolute Gasteiger partial charge is 0.252 e. The topological polar surface area (TPSA) is 72.9 Å². The van der Waals surface area contributed by atoms with Gasteiger partial charge in [0.05, 0.1) is 12.1 Å². The molecule has 32 heavy (non-hydrogen) atoms. The van der Waals surface area contributed by atoms with Crippen LogP contribution in [0.3, 0.4) is 0 Å². The molecule has 1 aromatic heterocycles. The van der Waals surface area contributed by atoms with Gasteiger partial charge >= 0.3 is 0 Å². The highest BCUT2D eigenvalue weighted by atomic mass is 127. The summed E-state index contributed by atoms with van der Waals surface area (Å²) >= 11 is 0. The minimum atomic E-state index is -0.120. The Bertz CT molecular complexity index is 851. The van der Waals surface area contributed by atoms with Crippen molar-refractivity contribution in [2.45, 2.75) is 6.92 Å². The van der Waals surface area contributed by atoms with Crippen molar-refractivity contribution >= 4 is 41.9 Å². The van der Waals surface area contributed by atoms with E-state index in [4.69, 9.17) is 4.99 Å². The fourth-order valence-corrected chi connectivity index (χ4v) is 3.40. The van der Waals surface area contributed by atoms with Gasteiger partial charge in [-0.15, -0.1) is 24.0 Å². The number of carbonyl (C=O) groups excluding carboxylic acids is 1. The summed E-state index contributed by atoms with van der Waals surface area (Å²) in [5.41, 5.74) is 1.80. The Labute approximate surface area is 208 Å². The molecule has 1 aliphatic rings. The fourth-order valence-electron chi connectivity index (χ4n) is 3.40. The Morgan fingerprint density at radius 2 is 1.88 bits per heavy atom. The predicted molar refractivity (Wildman–Crippen MR) is 141 cm³/mol. The Morgan fingerprint density at radius 1 is 1.09 bits per heavy atom. The molecule has 0 bridgehead atoms. The molecule has 1 aliphatic heterocycles. The number of pyridine rings is 1. The first-order valence-corrected chi connectivity index (χ1v) is 10.9. The van der Waals surface area contributed by atoms with Crippen LogP contribution in [0.1, 0.15) is 22.8 Å². The normalized spacial score (nSPS) is 14.8. The minimum Gasteiger partial charge on any atom is -0.357 e. The van der Waals surface area contributed by atoms with Gasteiger partial charge in [0.25, 0.3) is 5.91 Å². The summed E-state index contributed by atoms with van der Waals surface area (Å²) in [6, 6.07) is 13.9. The molecule has 1 fully saturated rings. The zero-order valence-corrected chi connectivity index (χ0v) is 20.9. The molecule has 0 saturated carbocycles. The first-order valence-electron chi connectivity index (χ1n) is 10.9. The fraction of sp³-hybridized carbons (Fsp3) is 0.375. The van der Waals surface area contributed by atoms with Gasteiger partial charge in [-0.3, -0.25) is 19.7 Å². The van der Waals surface area contributed by atoms with Gasteiger partial charge in [-0.05, 0) is 24.6 Å². The van der Waals surface area contributed by atoms with Crippen LogP contribution in [-0.4, -0.2) is 79.0 Å². The number of hydrogen-bond donors (Lipinski definition) is 2. The van der Waals surface area contributed by atoms with E-state index in [0.717, 1.165) is 45.2 Å². The SMILES string of the molecule is CCNC(=NCCNC(=O)c1cccnc1)N1CCN(C/C=C/c2ccccc2)CC1.I. The van der Waals surface area contributed by atoms with Crippen molar-refractivity contribution in [2.75, 3.05) is 52.4 Å². The molecule has 3 rings (SSSR count). The molecule has 1 amide bonds. The summed E-state index contributed by atoms with van der Waals surface area (Å²) in [6.45, 7) is 8.76. The quantitative estimate of drug-likeness (QED) is 0.230. The van der Waals surface area contributed by atoms with Crippen molar-refractivity contribution in [2.24, 2.45) is 4.99 Å². The predicted octanol–water partition coefficient (Wildman–Crippen LogP) is 2.73. The molecular formula is C24H33IN6O. The molecule has 2 N–H and O–H groups in total. The van der Waals surface area contributed by atoms with Crippen molar-refractivity contribution in [3.63, 3.8) is 0 Å². The number of piperazine rings is 1. The summed E-state index contributed by atoms with van der Waals surface area (Å²) in [7, 11) is 0. The first kappa shape index (κ1) is 25.8. The number of benzene rings is 1. The third kappa shape index (κ3) is 8.58. The second-order valence-corrected chi connectivity index (χ2v) is 7.33. The number of nitrogens with zero attached hydrogens (tertiary/aromatic N) is 4. The van der Waals surface area contributed by atoms with Gasteiger partial charge in [0, 0.05) is 58.2 Å². The maximum atomic E-state index is 12.1. The van der Waals surface area contributed by atoms with Gasteiger partial charge in [0.1, 0.15) is 0 Å². The van der Waals surface area contributed by atoms with E-state index in [1.807, 2.05) is 6.07 Å². The largest absolute Gasteiger partial charge is 0.357 e. The van der Waals surface area contributed by atoms with E-state index in [-0.39, 0.29) is 29.9 Å². The van der Waals surface area contributed by atoms with E-state index in [0.29, 0.717) is 18.7 Å². The highest BCUT2D eigenvalue weighted by Crippen LogP contribution is 2.05. The number of aromatic nitrogens is 1. The third-order valence-corrected chi connectivity index (χ3v) is 5.06. The van der Waals surface area contributed by atoms with Crippen molar-refractivity contribution in [1.82, 2.24) is 25.4 Å². The number of rotatable bonds is 8. The Balaban J connectivity index is 0.00000363. The number of nitrogens with one attached hydrogen (secondary N) is 2. The average Bonchev–Trinajstić information content (AvgIpc) is 2.83. The lowest BCUT2D eigenvalue weighted by molar-refractivity contribution is 0.0954. The first-order chi connectivity index (χ1) is 15.3. The van der Waals surface area contributed by atoms with E-state index in [1.54, 1.807) is 24.5 Å². The van der Waals surface area contributed by atoms with Gasteiger partial charge < -0.3 is 15.5 Å². The van der Waals surface area contributed by atoms with E-state index < -0.39 is 0 Å². The summed E-state index contributed by atoms with van der Waals surface area (Å²) in [5, 5.41) is 6.27. The molecule has 0 unspecified atom stereocenters. The molecule has 172 valence electrons. The van der Waals surface area contributed by atoms with E-state index in [1.165, 1.54) is 5.56 Å². The number of halogens is 1. The summed E-state index contributed by atoms with van der Waals surface area (Å²) < 4.78 is 0. The van der Waals surface area contributed by atoms with Crippen LogP contribution in [0.15, 0.2) is 65.9 Å². The van der Waals surface area contributed by atoms with Gasteiger partial charge in [-0.1, -0.05) is 42.5 Å². The maximum absolute atomic E-state index is 12.1. The van der Waals surface area contributed by atoms with E-state index in [2.05, 4.69) is 68.8 Å². The van der Waals surface area contributed by atoms with E-state index >= 15 is 0 Å². The molecule has 8 heteroatoms. The molecule has 0 aliphatic carbocycles. The van der Waals surface area contributed by atoms with Crippen LogP contribution in [0.5, 0.6) is 0 Å². The minimum absolute atomic E-state index is 0. The number of amides is 1. The van der Waals surface area contributed by atoms with Gasteiger partial charge in [0.15, 0.2) is 5.96 Å². The zero-order chi connectivity index (χ0) is 21.7. The van der Waals surface area contributed by atoms with Gasteiger partial charge in [0.2, 0.25) is 0 Å². The third-order valence-electron chi connectivity index (χ3n) is 5.06. The van der Waals surface area contributed by atoms with Gasteiger partial charge in [-0.25, -0.2) is 0 Å². The van der Waals surface area contributed by atoms with E-state index in [9.17, 15) is 4.79 Å². The highest BCUT2D eigenvalue weighted by molar-refractivity contribution is 14.0. The summed E-state index contributed by atoms with van der Waals surface area (Å²) in [4.78, 5) is 25.5. The lowest BCUT2D eigenvalue weighted by Gasteiger charge is -2.36. The number of hydrogen-bond acceptors (Lipinski definition) is 4. The highest BCUT2D eigenvalue weighted by Gasteiger charge is 2.18. The lowest BCUT2D eigenvalue weighted by Crippen LogP contribution is -2.52. The molecule has 2 heterocycles. The molecule has 0 radical (unpaired) electrons. The van der Waals surface area contributed by atoms with Crippen LogP contribution in [0.2, 0.25) is 0 Å². The molecule has 7 nitrogen and oxygen atoms in total. The van der Waals surface area contributed by atoms with Crippen molar-refractivity contribution in [3.8, 4) is 0 Å². The summed E-state index contributed by atoms with van der Waals surface area (Å²) in [6.07, 6.45) is 7.63. The molecule has 1 aromatic carbocycles. The number of carbonyl (C=O) groups is 1. The Kier molecular flexibility index (Phi) is 11.7. The second kappa shape index (κ2) is 14.6. The van der Waals surface area contributed by atoms with Crippen molar-refractivity contribution in [1.29, 1.82) is 0 Å². The van der Waals surface area contributed by atoms with Crippen LogP contribution < -0.4 is 10.6 Å². The zero-order valence-electron chi connectivity index (χ0n) is 18.6. The maximum Gasteiger partial charge on any atom is 0.252 e. The molecule has 0 spiro atoms. The second-order valence-electron chi connectivity index (χ2n) is 7.33. The van der Waals surface area contributed by atoms with Crippen molar-refractivity contribution < 1.29 is 4.79 Å². The molecular weight excluding hydrogens is 515 g/mol. The lowest BCUT2D eigenvalue weighted by atomic mass is 10.2. The van der Waals surface area contributed by atoms with Crippen LogP contribution in [-0.2, 0) is 0 Å². The molecule has 1 saturated heterocycles. The van der Waals surface area contributed by atoms with Crippen LogP contribution in [0, 0.1) is 0 Å². The monoisotopic (exact) mass is 548 g/mol. The molecule has 2 aromatic rings. The Hall–Kier alpha value is -2.46. The Morgan fingerprint density at radius 3 is 2.56 bits per heavy atom. The average molecular weight is 548 g/mol. The summed E-state index contributed by atoms with van der Waals surface area (Å²) in [5.74, 6) is 0.795. The molecule has 0 atom stereocenters.